The van der Waals surface area contributed by atoms with Gasteiger partial charge in [-0.3, -0.25) is 0 Å². The van der Waals surface area contributed by atoms with E-state index in [1.807, 2.05) is 24.3 Å². The molecule has 0 aliphatic heterocycles. The molecule has 1 rings (SSSR count). The first-order chi connectivity index (χ1) is 6.20. The molecule has 0 amide bonds. The molecule has 1 unspecified atom stereocenters. The molecule has 0 aliphatic rings. The van der Waals surface area contributed by atoms with Gasteiger partial charge < -0.3 is 4.74 Å². The second-order valence-electron chi connectivity index (χ2n) is 2.70. The summed E-state index contributed by atoms with van der Waals surface area (Å²) >= 11 is 2.25. The molecule has 1 aromatic rings. The summed E-state index contributed by atoms with van der Waals surface area (Å²) in [4.78, 5) is 0. The molecule has 0 fully saturated rings. The Bertz CT molecular complexity index is 307. The summed E-state index contributed by atoms with van der Waals surface area (Å²) in [6.45, 7) is 7.70. The summed E-state index contributed by atoms with van der Waals surface area (Å²) < 4.78 is 6.41. The summed E-state index contributed by atoms with van der Waals surface area (Å²) in [5.74, 6) is 0.993. The van der Waals surface area contributed by atoms with E-state index in [9.17, 15) is 0 Å². The van der Waals surface area contributed by atoms with Gasteiger partial charge in [0.15, 0.2) is 0 Å². The largest absolute Gasteiger partial charge is 0.495 e. The van der Waals surface area contributed by atoms with E-state index < -0.39 is 0 Å². The van der Waals surface area contributed by atoms with Crippen molar-refractivity contribution < 1.29 is 4.74 Å². The molecule has 13 heavy (non-hydrogen) atoms. The highest BCUT2D eigenvalue weighted by molar-refractivity contribution is 14.1. The molecule has 1 radical (unpaired) electrons. The molecule has 69 valence electrons. The quantitative estimate of drug-likeness (QED) is 0.611. The summed E-state index contributed by atoms with van der Waals surface area (Å²) in [6.07, 6.45) is 1.81. The van der Waals surface area contributed by atoms with E-state index in [2.05, 4.69) is 36.1 Å². The zero-order valence-corrected chi connectivity index (χ0v) is 9.74. The van der Waals surface area contributed by atoms with E-state index in [0.717, 1.165) is 14.9 Å². The van der Waals surface area contributed by atoms with Crippen molar-refractivity contribution in [3.05, 3.63) is 46.9 Å². The Morgan fingerprint density at radius 2 is 2.23 bits per heavy atom. The molecule has 0 N–H and O–H groups in total. The van der Waals surface area contributed by atoms with Crippen LogP contribution in [0.25, 0.3) is 0 Å². The average molecular weight is 287 g/mol. The first-order valence-corrected chi connectivity index (χ1v) is 5.06. The first-order valence-electron chi connectivity index (χ1n) is 3.98. The maximum Gasteiger partial charge on any atom is 0.135 e. The zero-order valence-electron chi connectivity index (χ0n) is 7.59. The molecule has 0 heterocycles. The summed E-state index contributed by atoms with van der Waals surface area (Å²) in [7, 11) is 1.68. The Hall–Kier alpha value is -0.510. The number of allylic oxidation sites excluding steroid dienone is 1. The number of methoxy groups -OCH3 is 1. The molecule has 0 saturated carbocycles. The van der Waals surface area contributed by atoms with Crippen molar-refractivity contribution in [3.63, 3.8) is 0 Å². The van der Waals surface area contributed by atoms with Gasteiger partial charge in [0.25, 0.3) is 0 Å². The number of rotatable bonds is 3. The van der Waals surface area contributed by atoms with Crippen molar-refractivity contribution in [1.29, 1.82) is 0 Å². The molecule has 0 bridgehead atoms. The van der Waals surface area contributed by atoms with E-state index in [1.54, 1.807) is 7.11 Å². The number of hydrogen-bond acceptors (Lipinski definition) is 1. The van der Waals surface area contributed by atoms with Crippen molar-refractivity contribution >= 4 is 22.6 Å². The van der Waals surface area contributed by atoms with Gasteiger partial charge in [0.1, 0.15) is 5.75 Å². The Balaban J connectivity index is 3.19. The van der Waals surface area contributed by atoms with Crippen LogP contribution in [0.4, 0.5) is 0 Å². The fourth-order valence-electron chi connectivity index (χ4n) is 1.16. The first kappa shape index (κ1) is 10.6. The minimum absolute atomic E-state index is 0.0877. The zero-order chi connectivity index (χ0) is 9.84. The van der Waals surface area contributed by atoms with Crippen LogP contribution < -0.4 is 4.74 Å². The number of para-hydroxylation sites is 1. The van der Waals surface area contributed by atoms with Crippen LogP contribution in [0.3, 0.4) is 0 Å². The highest BCUT2D eigenvalue weighted by Gasteiger charge is 2.10. The smallest absolute Gasteiger partial charge is 0.135 e. The monoisotopic (exact) mass is 287 g/mol. The van der Waals surface area contributed by atoms with Crippen molar-refractivity contribution in [1.82, 2.24) is 0 Å². The SMILES string of the molecule is [CH2]C(C=C)c1cccc(I)c1OC. The highest BCUT2D eigenvalue weighted by Crippen LogP contribution is 2.31. The normalized spacial score (nSPS) is 12.2. The van der Waals surface area contributed by atoms with E-state index in [4.69, 9.17) is 4.74 Å². The standard InChI is InChI=1S/C11H12IO/c1-4-8(2)9-6-5-7-10(12)11(9)13-3/h4-8H,1-2H2,3H3. The number of hydrogen-bond donors (Lipinski definition) is 0. The Morgan fingerprint density at radius 3 is 2.77 bits per heavy atom. The molecule has 1 nitrogen and oxygen atoms in total. The summed E-state index contributed by atoms with van der Waals surface area (Å²) in [5, 5.41) is 0. The van der Waals surface area contributed by atoms with E-state index in [-0.39, 0.29) is 5.92 Å². The third-order valence-electron chi connectivity index (χ3n) is 1.89. The molecular formula is C11H12IO. The number of halogens is 1. The maximum atomic E-state index is 5.30. The second-order valence-corrected chi connectivity index (χ2v) is 3.87. The highest BCUT2D eigenvalue weighted by atomic mass is 127. The van der Waals surface area contributed by atoms with E-state index in [0.29, 0.717) is 0 Å². The predicted octanol–water partition coefficient (Wildman–Crippen LogP) is 3.40. The van der Waals surface area contributed by atoms with Crippen molar-refractivity contribution in [2.45, 2.75) is 5.92 Å². The van der Waals surface area contributed by atoms with Crippen LogP contribution in [0.2, 0.25) is 0 Å². The molecule has 1 atom stereocenters. The molecular weight excluding hydrogens is 275 g/mol. The predicted molar refractivity (Wildman–Crippen MR) is 64.0 cm³/mol. The van der Waals surface area contributed by atoms with Gasteiger partial charge in [-0.25, -0.2) is 0 Å². The molecule has 0 spiro atoms. The Labute approximate surface area is 92.9 Å². The fourth-order valence-corrected chi connectivity index (χ4v) is 1.90. The van der Waals surface area contributed by atoms with Crippen LogP contribution in [0.5, 0.6) is 5.75 Å². The molecule has 0 aromatic heterocycles. The lowest BCUT2D eigenvalue weighted by Gasteiger charge is -2.13. The molecule has 1 aromatic carbocycles. The van der Waals surface area contributed by atoms with Crippen LogP contribution in [0.1, 0.15) is 11.5 Å². The lowest BCUT2D eigenvalue weighted by Crippen LogP contribution is -1.96. The lowest BCUT2D eigenvalue weighted by molar-refractivity contribution is 0.406. The summed E-state index contributed by atoms with van der Waals surface area (Å²) in [5.41, 5.74) is 1.09. The molecule has 0 saturated heterocycles. The van der Waals surface area contributed by atoms with E-state index >= 15 is 0 Å². The van der Waals surface area contributed by atoms with Gasteiger partial charge in [-0.05, 0) is 35.6 Å². The van der Waals surface area contributed by atoms with Crippen LogP contribution >= 0.6 is 22.6 Å². The van der Waals surface area contributed by atoms with Crippen molar-refractivity contribution in [2.75, 3.05) is 7.11 Å². The maximum absolute atomic E-state index is 5.30. The van der Waals surface area contributed by atoms with Crippen molar-refractivity contribution in [3.8, 4) is 5.75 Å². The number of ether oxygens (including phenoxy) is 1. The fraction of sp³-hybridized carbons (Fsp3) is 0.182. The average Bonchev–Trinajstić information content (AvgIpc) is 2.16. The van der Waals surface area contributed by atoms with Crippen LogP contribution in [0, 0.1) is 10.5 Å². The van der Waals surface area contributed by atoms with Crippen molar-refractivity contribution in [2.24, 2.45) is 0 Å². The van der Waals surface area contributed by atoms with Crippen LogP contribution in [-0.2, 0) is 0 Å². The molecule has 0 aliphatic carbocycles. The minimum atomic E-state index is 0.0877. The van der Waals surface area contributed by atoms with Gasteiger partial charge in [-0.2, -0.15) is 0 Å². The van der Waals surface area contributed by atoms with Crippen LogP contribution in [-0.4, -0.2) is 7.11 Å². The lowest BCUT2D eigenvalue weighted by atomic mass is 10.0. The van der Waals surface area contributed by atoms with Gasteiger partial charge in [-0.15, -0.1) is 6.58 Å². The van der Waals surface area contributed by atoms with Gasteiger partial charge in [0, 0.05) is 11.5 Å². The van der Waals surface area contributed by atoms with Gasteiger partial charge in [0.2, 0.25) is 0 Å². The topological polar surface area (TPSA) is 9.23 Å². The van der Waals surface area contributed by atoms with Crippen LogP contribution in [0.15, 0.2) is 30.9 Å². The third-order valence-corrected chi connectivity index (χ3v) is 2.74. The van der Waals surface area contributed by atoms with Gasteiger partial charge in [-0.1, -0.05) is 18.2 Å². The Morgan fingerprint density at radius 1 is 1.54 bits per heavy atom. The van der Waals surface area contributed by atoms with Gasteiger partial charge >= 0.3 is 0 Å². The number of benzene rings is 1. The molecule has 2 heteroatoms. The third kappa shape index (κ3) is 2.24. The summed E-state index contributed by atoms with van der Waals surface area (Å²) in [6, 6.07) is 6.03. The van der Waals surface area contributed by atoms with Gasteiger partial charge in [0.05, 0.1) is 10.7 Å². The van der Waals surface area contributed by atoms with E-state index in [1.165, 1.54) is 0 Å². The Kier molecular flexibility index (Phi) is 3.78. The second kappa shape index (κ2) is 4.65. The minimum Gasteiger partial charge on any atom is -0.495 e.